The molecule has 3 N–H and O–H groups in total. The molecule has 0 fully saturated rings. The smallest absolute Gasteiger partial charge is 0.220 e. The van der Waals surface area contributed by atoms with Crippen molar-refractivity contribution in [3.63, 3.8) is 0 Å². The summed E-state index contributed by atoms with van der Waals surface area (Å²) < 4.78 is 0. The summed E-state index contributed by atoms with van der Waals surface area (Å²) in [5.74, 6) is -0.540. The van der Waals surface area contributed by atoms with Crippen molar-refractivity contribution in [2.75, 3.05) is 6.54 Å². The first-order valence-corrected chi connectivity index (χ1v) is 4.08. The summed E-state index contributed by atoms with van der Waals surface area (Å²) in [6, 6.07) is 1.91. The molecule has 5 nitrogen and oxygen atoms in total. The van der Waals surface area contributed by atoms with E-state index in [0.29, 0.717) is 19.4 Å². The van der Waals surface area contributed by atoms with Crippen LogP contribution in [0.15, 0.2) is 0 Å². The van der Waals surface area contributed by atoms with Crippen LogP contribution in [-0.4, -0.2) is 18.4 Å². The van der Waals surface area contributed by atoms with Crippen LogP contribution >= 0.6 is 0 Å². The Morgan fingerprint density at radius 2 is 2.08 bits per heavy atom. The largest absolute Gasteiger partial charge is 0.370 e. The molecule has 0 radical (unpaired) electrons. The molecular weight excluding hydrogens is 170 g/mol. The van der Waals surface area contributed by atoms with Gasteiger partial charge in [-0.25, -0.2) is 0 Å². The first-order valence-electron chi connectivity index (χ1n) is 4.08. The van der Waals surface area contributed by atoms with Crippen LogP contribution < -0.4 is 11.1 Å². The molecule has 0 aromatic heterocycles. The van der Waals surface area contributed by atoms with E-state index in [-0.39, 0.29) is 18.7 Å². The van der Waals surface area contributed by atoms with Gasteiger partial charge in [-0.2, -0.15) is 5.26 Å². The highest BCUT2D eigenvalue weighted by atomic mass is 16.2. The summed E-state index contributed by atoms with van der Waals surface area (Å²) >= 11 is 0. The standard InChI is InChI=1S/C8H13N3O2/c9-5-2-6-11-8(13)4-1-3-7(10)12/h1-4,6H2,(H2,10,12)(H,11,13). The number of nitrogens with one attached hydrogen (secondary N) is 1. The van der Waals surface area contributed by atoms with Crippen LogP contribution in [0.3, 0.4) is 0 Å². The van der Waals surface area contributed by atoms with Gasteiger partial charge in [0.15, 0.2) is 0 Å². The molecule has 0 aromatic carbocycles. The Kier molecular flexibility index (Phi) is 6.24. The monoisotopic (exact) mass is 183 g/mol. The zero-order chi connectivity index (χ0) is 10.1. The number of nitriles is 1. The number of carbonyl (C=O) groups excluding carboxylic acids is 2. The second-order valence-corrected chi connectivity index (χ2v) is 2.58. The van der Waals surface area contributed by atoms with Gasteiger partial charge in [0.25, 0.3) is 0 Å². The number of primary amides is 1. The summed E-state index contributed by atoms with van der Waals surface area (Å²) in [7, 11) is 0. The maximum atomic E-state index is 10.9. The third-order valence-corrected chi connectivity index (χ3v) is 1.39. The highest BCUT2D eigenvalue weighted by Gasteiger charge is 2.01. The Bertz CT molecular complexity index is 220. The fourth-order valence-electron chi connectivity index (χ4n) is 0.769. The Morgan fingerprint density at radius 1 is 1.38 bits per heavy atom. The first kappa shape index (κ1) is 11.4. The number of nitrogens with two attached hydrogens (primary N) is 1. The van der Waals surface area contributed by atoms with Gasteiger partial charge in [0, 0.05) is 19.4 Å². The molecule has 13 heavy (non-hydrogen) atoms. The molecule has 0 aliphatic rings. The zero-order valence-corrected chi connectivity index (χ0v) is 7.38. The van der Waals surface area contributed by atoms with Crippen LogP contribution in [0, 0.1) is 11.3 Å². The van der Waals surface area contributed by atoms with Crippen LogP contribution in [0.5, 0.6) is 0 Å². The van der Waals surface area contributed by atoms with Gasteiger partial charge in [0.05, 0.1) is 12.5 Å². The van der Waals surface area contributed by atoms with Crippen LogP contribution in [0.4, 0.5) is 0 Å². The molecule has 0 spiro atoms. The van der Waals surface area contributed by atoms with Gasteiger partial charge in [-0.05, 0) is 6.42 Å². The van der Waals surface area contributed by atoms with Crippen molar-refractivity contribution >= 4 is 11.8 Å². The Balaban J connectivity index is 3.31. The first-order chi connectivity index (χ1) is 6.16. The number of amides is 2. The minimum Gasteiger partial charge on any atom is -0.370 e. The van der Waals surface area contributed by atoms with E-state index in [4.69, 9.17) is 11.0 Å². The molecule has 0 saturated heterocycles. The quantitative estimate of drug-likeness (QED) is 0.552. The number of hydrogen-bond acceptors (Lipinski definition) is 3. The lowest BCUT2D eigenvalue weighted by Crippen LogP contribution is -2.24. The van der Waals surface area contributed by atoms with Crippen molar-refractivity contribution in [3.8, 4) is 6.07 Å². The van der Waals surface area contributed by atoms with Crippen LogP contribution in [-0.2, 0) is 9.59 Å². The van der Waals surface area contributed by atoms with E-state index in [9.17, 15) is 9.59 Å². The third kappa shape index (κ3) is 8.34. The van der Waals surface area contributed by atoms with Gasteiger partial charge < -0.3 is 11.1 Å². The van der Waals surface area contributed by atoms with Gasteiger partial charge in [0.1, 0.15) is 0 Å². The van der Waals surface area contributed by atoms with E-state index in [1.165, 1.54) is 0 Å². The van der Waals surface area contributed by atoms with Crippen molar-refractivity contribution in [1.82, 2.24) is 5.32 Å². The summed E-state index contributed by atoms with van der Waals surface area (Å²) in [6.07, 6.45) is 1.29. The topological polar surface area (TPSA) is 96.0 Å². The summed E-state index contributed by atoms with van der Waals surface area (Å²) in [4.78, 5) is 21.2. The third-order valence-electron chi connectivity index (χ3n) is 1.39. The molecule has 2 amide bonds. The molecule has 0 unspecified atom stereocenters. The maximum absolute atomic E-state index is 10.9. The minimum atomic E-state index is -0.398. The molecule has 0 aromatic rings. The van der Waals surface area contributed by atoms with E-state index < -0.39 is 5.91 Å². The molecule has 0 heterocycles. The average Bonchev–Trinajstić information content (AvgIpc) is 2.04. The maximum Gasteiger partial charge on any atom is 0.220 e. The van der Waals surface area contributed by atoms with E-state index in [1.54, 1.807) is 0 Å². The highest BCUT2D eigenvalue weighted by Crippen LogP contribution is 1.93. The predicted octanol–water partition coefficient (Wildman–Crippen LogP) is -0.328. The summed E-state index contributed by atoms with van der Waals surface area (Å²) in [5, 5.41) is 10.7. The Hall–Kier alpha value is -1.57. The Morgan fingerprint density at radius 3 is 2.62 bits per heavy atom. The predicted molar refractivity (Wildman–Crippen MR) is 46.3 cm³/mol. The van der Waals surface area contributed by atoms with Crippen molar-refractivity contribution in [2.24, 2.45) is 5.73 Å². The van der Waals surface area contributed by atoms with Crippen molar-refractivity contribution < 1.29 is 9.59 Å². The minimum absolute atomic E-state index is 0.142. The SMILES string of the molecule is N#CCCNC(=O)CCCC(N)=O. The Labute approximate surface area is 76.9 Å². The molecule has 5 heteroatoms. The molecule has 0 aliphatic carbocycles. The molecule has 0 atom stereocenters. The van der Waals surface area contributed by atoms with Gasteiger partial charge in [-0.1, -0.05) is 0 Å². The normalized spacial score (nSPS) is 8.85. The summed E-state index contributed by atoms with van der Waals surface area (Å²) in [6.45, 7) is 0.367. The van der Waals surface area contributed by atoms with E-state index in [0.717, 1.165) is 0 Å². The van der Waals surface area contributed by atoms with Crippen molar-refractivity contribution in [1.29, 1.82) is 5.26 Å². The number of nitrogens with zero attached hydrogens (tertiary/aromatic N) is 1. The van der Waals surface area contributed by atoms with Crippen molar-refractivity contribution in [3.05, 3.63) is 0 Å². The lowest BCUT2D eigenvalue weighted by atomic mass is 10.2. The lowest BCUT2D eigenvalue weighted by molar-refractivity contribution is -0.121. The average molecular weight is 183 g/mol. The van der Waals surface area contributed by atoms with Crippen molar-refractivity contribution in [2.45, 2.75) is 25.7 Å². The van der Waals surface area contributed by atoms with Crippen LogP contribution in [0.1, 0.15) is 25.7 Å². The zero-order valence-electron chi connectivity index (χ0n) is 7.38. The second kappa shape index (κ2) is 7.10. The van der Waals surface area contributed by atoms with Gasteiger partial charge in [-0.3, -0.25) is 9.59 Å². The molecule has 0 saturated carbocycles. The number of carbonyl (C=O) groups is 2. The number of rotatable bonds is 6. The molecule has 0 rings (SSSR count). The van der Waals surface area contributed by atoms with Crippen LogP contribution in [0.2, 0.25) is 0 Å². The van der Waals surface area contributed by atoms with Gasteiger partial charge in [0.2, 0.25) is 11.8 Å². The fraction of sp³-hybridized carbons (Fsp3) is 0.625. The van der Waals surface area contributed by atoms with E-state index in [1.807, 2.05) is 6.07 Å². The van der Waals surface area contributed by atoms with Crippen LogP contribution in [0.25, 0.3) is 0 Å². The number of hydrogen-bond donors (Lipinski definition) is 2. The molecular formula is C8H13N3O2. The molecule has 0 bridgehead atoms. The second-order valence-electron chi connectivity index (χ2n) is 2.58. The highest BCUT2D eigenvalue weighted by molar-refractivity contribution is 5.77. The fourth-order valence-corrected chi connectivity index (χ4v) is 0.769. The van der Waals surface area contributed by atoms with E-state index in [2.05, 4.69) is 5.32 Å². The summed E-state index contributed by atoms with van der Waals surface area (Å²) in [5.41, 5.74) is 4.89. The molecule has 72 valence electrons. The van der Waals surface area contributed by atoms with Gasteiger partial charge in [-0.15, -0.1) is 0 Å². The lowest BCUT2D eigenvalue weighted by Gasteiger charge is -2.00. The van der Waals surface area contributed by atoms with E-state index >= 15 is 0 Å². The molecule has 0 aliphatic heterocycles. The van der Waals surface area contributed by atoms with Gasteiger partial charge >= 0.3 is 0 Å².